The highest BCUT2D eigenvalue weighted by molar-refractivity contribution is 5.69. The molecule has 346 valence electrons. The number of ether oxygens (including phenoxy) is 5. The van der Waals surface area contributed by atoms with Crippen molar-refractivity contribution in [3.63, 3.8) is 0 Å². The van der Waals surface area contributed by atoms with E-state index in [1.165, 1.54) is 180 Å². The third-order valence-electron chi connectivity index (χ3n) is 10.9. The van der Waals surface area contributed by atoms with Gasteiger partial charge in [0.1, 0.15) is 0 Å². The summed E-state index contributed by atoms with van der Waals surface area (Å²) in [5.41, 5.74) is 0. The fourth-order valence-corrected chi connectivity index (χ4v) is 7.14. The molecule has 0 aliphatic rings. The number of hydrogen-bond donors (Lipinski definition) is 3. The Bertz CT molecular complexity index is 822. The van der Waals surface area contributed by atoms with Crippen LogP contribution in [0.4, 0.5) is 9.59 Å². The van der Waals surface area contributed by atoms with Crippen molar-refractivity contribution in [2.45, 2.75) is 232 Å². The van der Waals surface area contributed by atoms with E-state index in [1.54, 1.807) is 7.11 Å². The second kappa shape index (κ2) is 49.7. The molecule has 58 heavy (non-hydrogen) atoms. The van der Waals surface area contributed by atoms with Crippen molar-refractivity contribution in [3.05, 3.63) is 0 Å². The van der Waals surface area contributed by atoms with E-state index in [-0.39, 0.29) is 13.2 Å². The zero-order valence-electron chi connectivity index (χ0n) is 38.6. The third kappa shape index (κ3) is 47.1. The molecule has 0 aromatic rings. The first-order valence-electron chi connectivity index (χ1n) is 24.8. The molecule has 0 saturated carbocycles. The number of unbranched alkanes of at least 4 members (excludes halogenated alkanes) is 30. The number of carbonyl (C=O) groups excluding carboxylic acids is 2. The average molecular weight is 828 g/mol. The molecule has 0 fully saturated rings. The van der Waals surface area contributed by atoms with Gasteiger partial charge < -0.3 is 34.3 Å². The van der Waals surface area contributed by atoms with Gasteiger partial charge in [-0.3, -0.25) is 5.32 Å². The molecule has 1 unspecified atom stereocenters. The molecule has 0 spiro atoms. The first-order valence-corrected chi connectivity index (χ1v) is 24.8. The van der Waals surface area contributed by atoms with Gasteiger partial charge in [-0.05, 0) is 25.8 Å². The molecule has 2 amide bonds. The Labute approximate surface area is 358 Å². The van der Waals surface area contributed by atoms with Gasteiger partial charge in [0.25, 0.3) is 0 Å². The maximum Gasteiger partial charge on any atom is 0.407 e. The van der Waals surface area contributed by atoms with Gasteiger partial charge >= 0.3 is 12.2 Å². The Morgan fingerprint density at radius 1 is 0.431 bits per heavy atom. The number of hydrogen-bond acceptors (Lipinski definition) is 8. The van der Waals surface area contributed by atoms with E-state index in [1.807, 2.05) is 0 Å². The molecule has 0 aromatic heterocycles. The molecule has 3 N–H and O–H groups in total. The van der Waals surface area contributed by atoms with Crippen LogP contribution in [0.5, 0.6) is 0 Å². The fourth-order valence-electron chi connectivity index (χ4n) is 7.14. The Morgan fingerprint density at radius 3 is 1.24 bits per heavy atom. The number of methoxy groups -OCH3 is 1. The van der Waals surface area contributed by atoms with Crippen LogP contribution in [0.3, 0.4) is 0 Å². The van der Waals surface area contributed by atoms with Gasteiger partial charge in [-0.2, -0.15) is 0 Å². The van der Waals surface area contributed by atoms with Crippen molar-refractivity contribution in [1.82, 2.24) is 16.0 Å². The van der Waals surface area contributed by atoms with Crippen LogP contribution in [-0.2, 0) is 23.7 Å². The van der Waals surface area contributed by atoms with Crippen molar-refractivity contribution in [1.29, 1.82) is 0 Å². The maximum absolute atomic E-state index is 12.6. The normalized spacial score (nSPS) is 11.8. The highest BCUT2D eigenvalue weighted by Gasteiger charge is 2.15. The van der Waals surface area contributed by atoms with Gasteiger partial charge in [-0.25, -0.2) is 9.59 Å². The minimum Gasteiger partial charge on any atom is -0.450 e. The van der Waals surface area contributed by atoms with Crippen LogP contribution < -0.4 is 16.0 Å². The maximum atomic E-state index is 12.6. The zero-order valence-corrected chi connectivity index (χ0v) is 38.6. The minimum atomic E-state index is -0.487. The lowest BCUT2D eigenvalue weighted by Crippen LogP contribution is -2.47. The minimum absolute atomic E-state index is 0.194. The van der Waals surface area contributed by atoms with E-state index < -0.39 is 18.2 Å². The molecular weight excluding hydrogens is 731 g/mol. The molecule has 10 heteroatoms. The van der Waals surface area contributed by atoms with Crippen LogP contribution in [0.2, 0.25) is 0 Å². The molecular formula is C48H97N3O7. The summed E-state index contributed by atoms with van der Waals surface area (Å²) in [6, 6.07) is -0.444. The predicted octanol–water partition coefficient (Wildman–Crippen LogP) is 12.9. The lowest BCUT2D eigenvalue weighted by atomic mass is 10.0. The monoisotopic (exact) mass is 828 g/mol. The number of nitrogens with one attached hydrogen (secondary N) is 3. The second-order valence-corrected chi connectivity index (χ2v) is 16.6. The molecule has 1 atom stereocenters. The SMILES string of the molecule is CCCCCCCCCCCCCCCCCCOC(=O)NCC(COCNCCCOCCOC)NC(=O)OCCCCCCCCCCCCCCCCCC. The molecule has 0 aliphatic carbocycles. The molecule has 0 heterocycles. The first-order chi connectivity index (χ1) is 28.6. The summed E-state index contributed by atoms with van der Waals surface area (Å²) in [7, 11) is 1.66. The van der Waals surface area contributed by atoms with E-state index in [0.717, 1.165) is 38.6 Å². The summed E-state index contributed by atoms with van der Waals surface area (Å²) in [4.78, 5) is 25.0. The van der Waals surface area contributed by atoms with Gasteiger partial charge in [0.15, 0.2) is 0 Å². The largest absolute Gasteiger partial charge is 0.450 e. The van der Waals surface area contributed by atoms with Crippen molar-refractivity contribution < 1.29 is 33.3 Å². The second-order valence-electron chi connectivity index (χ2n) is 16.6. The van der Waals surface area contributed by atoms with Crippen LogP contribution in [0.25, 0.3) is 0 Å². The molecule has 0 aliphatic heterocycles. The Morgan fingerprint density at radius 2 is 0.828 bits per heavy atom. The van der Waals surface area contributed by atoms with Crippen LogP contribution in [-0.4, -0.2) is 84.8 Å². The van der Waals surface area contributed by atoms with Gasteiger partial charge in [0.05, 0.1) is 45.8 Å². The predicted molar refractivity (Wildman–Crippen MR) is 243 cm³/mol. The van der Waals surface area contributed by atoms with Gasteiger partial charge in [-0.1, -0.05) is 206 Å². The Balaban J connectivity index is 4.07. The van der Waals surface area contributed by atoms with Gasteiger partial charge in [0, 0.05) is 20.3 Å². The van der Waals surface area contributed by atoms with E-state index >= 15 is 0 Å². The molecule has 0 bridgehead atoms. The first kappa shape index (κ1) is 56.4. The van der Waals surface area contributed by atoms with E-state index in [2.05, 4.69) is 29.8 Å². The van der Waals surface area contributed by atoms with Crippen LogP contribution >= 0.6 is 0 Å². The number of amides is 2. The fraction of sp³-hybridized carbons (Fsp3) is 0.958. The van der Waals surface area contributed by atoms with Crippen molar-refractivity contribution >= 4 is 12.2 Å². The Kier molecular flexibility index (Phi) is 48.4. The smallest absolute Gasteiger partial charge is 0.407 e. The number of alkyl carbamates (subject to hydrolysis) is 2. The summed E-state index contributed by atoms with van der Waals surface area (Å²) >= 11 is 0. The zero-order chi connectivity index (χ0) is 42.1. The summed E-state index contributed by atoms with van der Waals surface area (Å²) in [6.07, 6.45) is 41.7. The lowest BCUT2D eigenvalue weighted by Gasteiger charge is -2.19. The topological polar surface area (TPSA) is 116 Å². The summed E-state index contributed by atoms with van der Waals surface area (Å²) in [6.45, 7) is 8.67. The van der Waals surface area contributed by atoms with E-state index in [9.17, 15) is 9.59 Å². The highest BCUT2D eigenvalue weighted by atomic mass is 16.6. The van der Waals surface area contributed by atoms with Crippen LogP contribution in [0.1, 0.15) is 226 Å². The van der Waals surface area contributed by atoms with Crippen molar-refractivity contribution in [2.24, 2.45) is 0 Å². The molecule has 0 radical (unpaired) electrons. The number of carbonyl (C=O) groups is 2. The summed E-state index contributed by atoms with van der Waals surface area (Å²) < 4.78 is 27.1. The van der Waals surface area contributed by atoms with Gasteiger partial charge in [-0.15, -0.1) is 0 Å². The third-order valence-corrected chi connectivity index (χ3v) is 10.9. The number of rotatable bonds is 48. The molecule has 0 aromatic carbocycles. The van der Waals surface area contributed by atoms with Crippen molar-refractivity contribution in [3.8, 4) is 0 Å². The lowest BCUT2D eigenvalue weighted by molar-refractivity contribution is 0.0648. The van der Waals surface area contributed by atoms with Crippen LogP contribution in [0.15, 0.2) is 0 Å². The molecule has 10 nitrogen and oxygen atoms in total. The Hall–Kier alpha value is -1.62. The van der Waals surface area contributed by atoms with Crippen molar-refractivity contribution in [2.75, 3.05) is 66.6 Å². The molecule has 0 saturated heterocycles. The molecule has 0 rings (SSSR count). The summed E-state index contributed by atoms with van der Waals surface area (Å²) in [5.74, 6) is 0. The quantitative estimate of drug-likeness (QED) is 0.0410. The van der Waals surface area contributed by atoms with E-state index in [0.29, 0.717) is 39.8 Å². The standard InChI is InChI=1S/C48H97N3O7/c1-4-6-8-10-12-14-16-18-20-22-24-26-28-30-32-34-39-57-47(52)50-43-46(44-56-45-49-37-36-38-55-42-41-54-3)51-48(53)58-40-35-33-31-29-27-25-23-21-19-17-15-13-11-9-7-5-2/h46,49H,4-45H2,1-3H3,(H,50,52)(H,51,53). The average Bonchev–Trinajstić information content (AvgIpc) is 3.22. The van der Waals surface area contributed by atoms with E-state index in [4.69, 9.17) is 23.7 Å². The summed E-state index contributed by atoms with van der Waals surface area (Å²) in [5, 5.41) is 8.88. The van der Waals surface area contributed by atoms with Crippen LogP contribution in [0, 0.1) is 0 Å². The van der Waals surface area contributed by atoms with Gasteiger partial charge in [0.2, 0.25) is 0 Å². The highest BCUT2D eigenvalue weighted by Crippen LogP contribution is 2.15.